The SMILES string of the molecule is Cc1cc(OC(=O)c2ccc(C(C)(C)C)cc2)cc2c1C(=O)/C(=C/c1cccs1)O2. The molecule has 0 amide bonds. The molecule has 0 radical (unpaired) electrons. The number of thiophene rings is 1. The Morgan fingerprint density at radius 2 is 1.83 bits per heavy atom. The second-order valence-corrected chi connectivity index (χ2v) is 9.26. The van der Waals surface area contributed by atoms with Crippen LogP contribution in [0.4, 0.5) is 0 Å². The fraction of sp³-hybridized carbons (Fsp3) is 0.200. The molecule has 0 saturated carbocycles. The Morgan fingerprint density at radius 1 is 1.10 bits per heavy atom. The van der Waals surface area contributed by atoms with Gasteiger partial charge in [-0.05, 0) is 53.1 Å². The third-order valence-corrected chi connectivity index (χ3v) is 5.78. The van der Waals surface area contributed by atoms with Crippen molar-refractivity contribution in [1.82, 2.24) is 0 Å². The molecule has 0 saturated heterocycles. The molecule has 1 aliphatic rings. The molecular formula is C25H22O4S. The van der Waals surface area contributed by atoms with Gasteiger partial charge in [0.1, 0.15) is 11.5 Å². The molecule has 0 atom stereocenters. The summed E-state index contributed by atoms with van der Waals surface area (Å²) in [5, 5.41) is 1.94. The van der Waals surface area contributed by atoms with E-state index in [0.29, 0.717) is 28.2 Å². The Balaban J connectivity index is 1.56. The molecule has 2 heterocycles. The van der Waals surface area contributed by atoms with E-state index in [1.165, 1.54) is 11.3 Å². The van der Waals surface area contributed by atoms with Gasteiger partial charge in [0.2, 0.25) is 5.78 Å². The number of hydrogen-bond donors (Lipinski definition) is 0. The molecule has 4 rings (SSSR count). The zero-order chi connectivity index (χ0) is 21.5. The van der Waals surface area contributed by atoms with Crippen LogP contribution in [0.1, 0.15) is 57.5 Å². The van der Waals surface area contributed by atoms with Gasteiger partial charge >= 0.3 is 5.97 Å². The molecule has 5 heteroatoms. The van der Waals surface area contributed by atoms with Gasteiger partial charge in [-0.2, -0.15) is 0 Å². The summed E-state index contributed by atoms with van der Waals surface area (Å²) >= 11 is 1.53. The second kappa shape index (κ2) is 7.58. The number of aryl methyl sites for hydroxylation is 1. The van der Waals surface area contributed by atoms with Gasteiger partial charge in [-0.1, -0.05) is 39.0 Å². The van der Waals surface area contributed by atoms with E-state index in [1.807, 2.05) is 36.6 Å². The first-order chi connectivity index (χ1) is 14.2. The maximum Gasteiger partial charge on any atom is 0.343 e. The van der Waals surface area contributed by atoms with Crippen LogP contribution in [0.5, 0.6) is 11.5 Å². The van der Waals surface area contributed by atoms with Gasteiger partial charge in [-0.15, -0.1) is 11.3 Å². The van der Waals surface area contributed by atoms with Gasteiger partial charge in [0.15, 0.2) is 5.76 Å². The molecular weight excluding hydrogens is 396 g/mol. The van der Waals surface area contributed by atoms with Crippen molar-refractivity contribution in [3.63, 3.8) is 0 Å². The lowest BCUT2D eigenvalue weighted by Crippen LogP contribution is -2.13. The molecule has 0 aliphatic carbocycles. The Bertz CT molecular complexity index is 1150. The lowest BCUT2D eigenvalue weighted by Gasteiger charge is -2.18. The summed E-state index contributed by atoms with van der Waals surface area (Å²) in [5.41, 5.74) is 2.84. The number of carbonyl (C=O) groups excluding carboxylic acids is 2. The normalized spacial score (nSPS) is 14.5. The highest BCUT2D eigenvalue weighted by atomic mass is 32.1. The summed E-state index contributed by atoms with van der Waals surface area (Å²) in [5.74, 6) is 0.423. The third-order valence-electron chi connectivity index (χ3n) is 4.96. The summed E-state index contributed by atoms with van der Waals surface area (Å²) in [6.07, 6.45) is 1.73. The van der Waals surface area contributed by atoms with Crippen molar-refractivity contribution in [1.29, 1.82) is 0 Å². The van der Waals surface area contributed by atoms with E-state index in [-0.39, 0.29) is 17.0 Å². The van der Waals surface area contributed by atoms with Crippen LogP contribution < -0.4 is 9.47 Å². The average molecular weight is 419 g/mol. The number of ketones is 1. The Kier molecular flexibility index (Phi) is 5.08. The Labute approximate surface area is 179 Å². The van der Waals surface area contributed by atoms with Crippen molar-refractivity contribution in [2.75, 3.05) is 0 Å². The highest BCUT2D eigenvalue weighted by Crippen LogP contribution is 2.38. The van der Waals surface area contributed by atoms with Gasteiger partial charge < -0.3 is 9.47 Å². The van der Waals surface area contributed by atoms with Crippen molar-refractivity contribution >= 4 is 29.2 Å². The van der Waals surface area contributed by atoms with Gasteiger partial charge in [0, 0.05) is 17.0 Å². The molecule has 0 bridgehead atoms. The van der Waals surface area contributed by atoms with Crippen LogP contribution >= 0.6 is 11.3 Å². The van der Waals surface area contributed by atoms with Crippen molar-refractivity contribution in [2.24, 2.45) is 0 Å². The number of allylic oxidation sites excluding steroid dienone is 1. The van der Waals surface area contributed by atoms with Crippen LogP contribution in [0.15, 0.2) is 59.7 Å². The predicted octanol–water partition coefficient (Wildman–Crippen LogP) is 6.19. The van der Waals surface area contributed by atoms with E-state index in [1.54, 1.807) is 30.3 Å². The number of hydrogen-bond acceptors (Lipinski definition) is 5. The van der Waals surface area contributed by atoms with Gasteiger partial charge in [-0.3, -0.25) is 4.79 Å². The van der Waals surface area contributed by atoms with Gasteiger partial charge in [-0.25, -0.2) is 4.79 Å². The van der Waals surface area contributed by atoms with E-state index in [2.05, 4.69) is 20.8 Å². The molecule has 2 aromatic carbocycles. The topological polar surface area (TPSA) is 52.6 Å². The lowest BCUT2D eigenvalue weighted by molar-refractivity contribution is 0.0734. The van der Waals surface area contributed by atoms with Gasteiger partial charge in [0.05, 0.1) is 11.1 Å². The number of rotatable bonds is 3. The number of carbonyl (C=O) groups is 2. The van der Waals surface area contributed by atoms with E-state index >= 15 is 0 Å². The number of ether oxygens (including phenoxy) is 2. The van der Waals surface area contributed by atoms with E-state index < -0.39 is 5.97 Å². The number of esters is 1. The summed E-state index contributed by atoms with van der Waals surface area (Å²) in [4.78, 5) is 26.2. The largest absolute Gasteiger partial charge is 0.452 e. The quantitative estimate of drug-likeness (QED) is 0.289. The minimum Gasteiger partial charge on any atom is -0.452 e. The number of fused-ring (bicyclic) bond motifs is 1. The lowest BCUT2D eigenvalue weighted by atomic mass is 9.87. The highest BCUT2D eigenvalue weighted by Gasteiger charge is 2.30. The second-order valence-electron chi connectivity index (χ2n) is 8.29. The predicted molar refractivity (Wildman–Crippen MR) is 119 cm³/mol. The molecule has 0 spiro atoms. The summed E-state index contributed by atoms with van der Waals surface area (Å²) in [7, 11) is 0. The van der Waals surface area contributed by atoms with Crippen LogP contribution in [0.3, 0.4) is 0 Å². The molecule has 1 aliphatic heterocycles. The van der Waals surface area contributed by atoms with E-state index in [9.17, 15) is 9.59 Å². The minimum atomic E-state index is -0.450. The van der Waals surface area contributed by atoms with E-state index in [0.717, 1.165) is 10.4 Å². The number of Topliss-reactive ketones (excluding diaryl/α,β-unsaturated/α-hetero) is 1. The maximum atomic E-state index is 12.7. The van der Waals surface area contributed by atoms with Crippen LogP contribution in [0.25, 0.3) is 6.08 Å². The first-order valence-electron chi connectivity index (χ1n) is 9.67. The van der Waals surface area contributed by atoms with Gasteiger partial charge in [0.25, 0.3) is 0 Å². The van der Waals surface area contributed by atoms with Crippen LogP contribution in [-0.4, -0.2) is 11.8 Å². The van der Waals surface area contributed by atoms with Crippen molar-refractivity contribution in [3.8, 4) is 11.5 Å². The Morgan fingerprint density at radius 3 is 2.47 bits per heavy atom. The molecule has 30 heavy (non-hydrogen) atoms. The minimum absolute atomic E-state index is 0.0117. The standard InChI is InChI=1S/C25H22O4S/c1-15-12-18(28-24(27)16-7-9-17(10-8-16)25(2,3)4)13-20-22(15)23(26)21(29-20)14-19-6-5-11-30-19/h5-14H,1-4H3/b21-14-. The molecule has 3 aromatic rings. The zero-order valence-electron chi connectivity index (χ0n) is 17.3. The summed E-state index contributed by atoms with van der Waals surface area (Å²) in [6.45, 7) is 8.17. The molecule has 1 aromatic heterocycles. The van der Waals surface area contributed by atoms with Crippen molar-refractivity contribution in [2.45, 2.75) is 33.1 Å². The van der Waals surface area contributed by atoms with Crippen molar-refractivity contribution < 1.29 is 19.1 Å². The summed E-state index contributed by atoms with van der Waals surface area (Å²) < 4.78 is 11.3. The van der Waals surface area contributed by atoms with E-state index in [4.69, 9.17) is 9.47 Å². The molecule has 152 valence electrons. The monoisotopic (exact) mass is 418 g/mol. The molecule has 0 unspecified atom stereocenters. The molecule has 4 nitrogen and oxygen atoms in total. The van der Waals surface area contributed by atoms with Crippen LogP contribution in [-0.2, 0) is 5.41 Å². The smallest absolute Gasteiger partial charge is 0.343 e. The molecule has 0 fully saturated rings. The first-order valence-corrected chi connectivity index (χ1v) is 10.6. The fourth-order valence-electron chi connectivity index (χ4n) is 3.31. The Hall–Kier alpha value is -3.18. The maximum absolute atomic E-state index is 12.7. The third kappa shape index (κ3) is 3.94. The first kappa shape index (κ1) is 20.1. The zero-order valence-corrected chi connectivity index (χ0v) is 18.1. The highest BCUT2D eigenvalue weighted by molar-refractivity contribution is 7.10. The number of benzene rings is 2. The van der Waals surface area contributed by atoms with Crippen molar-refractivity contribution in [3.05, 3.63) is 86.8 Å². The average Bonchev–Trinajstić information content (AvgIpc) is 3.30. The fourth-order valence-corrected chi connectivity index (χ4v) is 3.96. The van der Waals surface area contributed by atoms with Crippen LogP contribution in [0.2, 0.25) is 0 Å². The summed E-state index contributed by atoms with van der Waals surface area (Å²) in [6, 6.07) is 14.5. The molecule has 0 N–H and O–H groups in total. The van der Waals surface area contributed by atoms with Crippen LogP contribution in [0, 0.1) is 6.92 Å².